The summed E-state index contributed by atoms with van der Waals surface area (Å²) < 4.78 is 27.0. The SMILES string of the molecule is Cc1ccc(S(=O)(=O)N(C)c2ccc(CC(=O)NCCNc3ccnc4cc(Cl)ccc34)cc2)cc1. The molecule has 0 aliphatic carbocycles. The van der Waals surface area contributed by atoms with Crippen molar-refractivity contribution in [3.05, 3.63) is 95.1 Å². The molecule has 36 heavy (non-hydrogen) atoms. The summed E-state index contributed by atoms with van der Waals surface area (Å²) >= 11 is 6.04. The molecular weight excluding hydrogens is 496 g/mol. The minimum absolute atomic E-state index is 0.114. The molecule has 0 atom stereocenters. The average molecular weight is 523 g/mol. The molecule has 0 unspecified atom stereocenters. The average Bonchev–Trinajstić information content (AvgIpc) is 2.86. The molecule has 0 saturated heterocycles. The maximum Gasteiger partial charge on any atom is 0.264 e. The third-order valence-corrected chi connectivity index (χ3v) is 7.85. The second-order valence-electron chi connectivity index (χ2n) is 8.43. The van der Waals surface area contributed by atoms with E-state index in [1.165, 1.54) is 11.4 Å². The first-order chi connectivity index (χ1) is 17.2. The van der Waals surface area contributed by atoms with Crippen LogP contribution in [0, 0.1) is 6.92 Å². The lowest BCUT2D eigenvalue weighted by Crippen LogP contribution is -2.30. The molecule has 9 heteroatoms. The number of benzene rings is 3. The molecule has 0 saturated carbocycles. The Morgan fingerprint density at radius 1 is 0.972 bits per heavy atom. The second-order valence-corrected chi connectivity index (χ2v) is 10.8. The lowest BCUT2D eigenvalue weighted by molar-refractivity contribution is -0.120. The summed E-state index contributed by atoms with van der Waals surface area (Å²) in [5, 5.41) is 7.81. The maximum absolute atomic E-state index is 12.9. The Morgan fingerprint density at radius 3 is 2.42 bits per heavy atom. The molecule has 0 bridgehead atoms. The summed E-state index contributed by atoms with van der Waals surface area (Å²) in [6.45, 7) is 2.91. The first kappa shape index (κ1) is 25.5. The summed E-state index contributed by atoms with van der Waals surface area (Å²) in [5.41, 5.74) is 4.03. The molecule has 0 fully saturated rings. The van der Waals surface area contributed by atoms with E-state index >= 15 is 0 Å². The van der Waals surface area contributed by atoms with Gasteiger partial charge >= 0.3 is 0 Å². The number of aryl methyl sites for hydroxylation is 1. The first-order valence-electron chi connectivity index (χ1n) is 11.4. The van der Waals surface area contributed by atoms with Crippen LogP contribution < -0.4 is 14.9 Å². The number of hydrogen-bond acceptors (Lipinski definition) is 5. The highest BCUT2D eigenvalue weighted by Gasteiger charge is 2.21. The van der Waals surface area contributed by atoms with Gasteiger partial charge in [-0.15, -0.1) is 0 Å². The number of aromatic nitrogens is 1. The van der Waals surface area contributed by atoms with Crippen LogP contribution in [0.15, 0.2) is 83.9 Å². The highest BCUT2D eigenvalue weighted by Crippen LogP contribution is 2.24. The highest BCUT2D eigenvalue weighted by atomic mass is 35.5. The lowest BCUT2D eigenvalue weighted by Gasteiger charge is -2.20. The largest absolute Gasteiger partial charge is 0.383 e. The number of carbonyl (C=O) groups is 1. The van der Waals surface area contributed by atoms with Crippen molar-refractivity contribution in [2.75, 3.05) is 29.8 Å². The van der Waals surface area contributed by atoms with Gasteiger partial charge in [0.25, 0.3) is 10.0 Å². The van der Waals surface area contributed by atoms with Crippen molar-refractivity contribution in [3.63, 3.8) is 0 Å². The summed E-state index contributed by atoms with van der Waals surface area (Å²) in [6.07, 6.45) is 1.91. The van der Waals surface area contributed by atoms with E-state index in [2.05, 4.69) is 15.6 Å². The van der Waals surface area contributed by atoms with E-state index in [1.807, 2.05) is 31.2 Å². The van der Waals surface area contributed by atoms with Crippen molar-refractivity contribution >= 4 is 49.8 Å². The molecule has 7 nitrogen and oxygen atoms in total. The number of anilines is 2. The zero-order valence-electron chi connectivity index (χ0n) is 20.0. The van der Waals surface area contributed by atoms with Crippen molar-refractivity contribution in [1.82, 2.24) is 10.3 Å². The number of amides is 1. The van der Waals surface area contributed by atoms with Gasteiger partial charge in [0.05, 0.1) is 22.5 Å². The third kappa shape index (κ3) is 5.95. The molecule has 0 aliphatic rings. The maximum atomic E-state index is 12.9. The van der Waals surface area contributed by atoms with E-state index in [1.54, 1.807) is 54.7 Å². The minimum Gasteiger partial charge on any atom is -0.383 e. The van der Waals surface area contributed by atoms with Crippen molar-refractivity contribution in [3.8, 4) is 0 Å². The van der Waals surface area contributed by atoms with Crippen molar-refractivity contribution in [2.45, 2.75) is 18.2 Å². The fourth-order valence-electron chi connectivity index (χ4n) is 3.75. The van der Waals surface area contributed by atoms with Gasteiger partial charge in [0.2, 0.25) is 5.91 Å². The van der Waals surface area contributed by atoms with Gasteiger partial charge < -0.3 is 10.6 Å². The zero-order chi connectivity index (χ0) is 25.7. The van der Waals surface area contributed by atoms with Crippen LogP contribution in [0.2, 0.25) is 5.02 Å². The third-order valence-electron chi connectivity index (χ3n) is 5.81. The number of hydrogen-bond donors (Lipinski definition) is 2. The quantitative estimate of drug-likeness (QED) is 0.308. The standard InChI is InChI=1S/C27H27ClN4O3S/c1-19-3-10-23(11-4-19)36(34,35)32(2)22-8-5-20(6-9-22)17-27(33)31-16-15-30-25-13-14-29-26-18-21(28)7-12-24(25)26/h3-14,18H,15-17H2,1-2H3,(H,29,30)(H,31,33). The first-order valence-corrected chi connectivity index (χ1v) is 13.3. The number of rotatable bonds is 9. The van der Waals surface area contributed by atoms with Gasteiger partial charge in [0, 0.05) is 42.4 Å². The van der Waals surface area contributed by atoms with Crippen LogP contribution in [0.3, 0.4) is 0 Å². The van der Waals surface area contributed by atoms with Crippen LogP contribution in [-0.2, 0) is 21.2 Å². The normalized spacial score (nSPS) is 11.3. The molecule has 1 aromatic heterocycles. The number of halogens is 1. The number of nitrogens with zero attached hydrogens (tertiary/aromatic N) is 2. The van der Waals surface area contributed by atoms with Gasteiger partial charge in [0.1, 0.15) is 0 Å². The Balaban J connectivity index is 1.29. The molecule has 1 heterocycles. The molecule has 0 radical (unpaired) electrons. The van der Waals surface area contributed by atoms with E-state index in [9.17, 15) is 13.2 Å². The van der Waals surface area contributed by atoms with E-state index in [-0.39, 0.29) is 17.2 Å². The van der Waals surface area contributed by atoms with Crippen LogP contribution in [0.25, 0.3) is 10.9 Å². The molecular formula is C27H27ClN4O3S. The predicted octanol–water partition coefficient (Wildman–Crippen LogP) is 4.79. The molecule has 0 aliphatic heterocycles. The summed E-state index contributed by atoms with van der Waals surface area (Å²) in [6, 6.07) is 21.1. The topological polar surface area (TPSA) is 91.4 Å². The van der Waals surface area contributed by atoms with Crippen molar-refractivity contribution in [2.24, 2.45) is 0 Å². The van der Waals surface area contributed by atoms with Gasteiger partial charge in [0.15, 0.2) is 0 Å². The minimum atomic E-state index is -3.66. The smallest absolute Gasteiger partial charge is 0.264 e. The molecule has 4 rings (SSSR count). The molecule has 2 N–H and O–H groups in total. The summed E-state index contributed by atoms with van der Waals surface area (Å²) in [4.78, 5) is 17.0. The van der Waals surface area contributed by atoms with Gasteiger partial charge in [-0.25, -0.2) is 8.42 Å². The number of nitrogens with one attached hydrogen (secondary N) is 2. The number of sulfonamides is 1. The van der Waals surface area contributed by atoms with E-state index in [0.717, 1.165) is 27.7 Å². The van der Waals surface area contributed by atoms with Gasteiger partial charge in [-0.05, 0) is 61.0 Å². The van der Waals surface area contributed by atoms with Crippen molar-refractivity contribution in [1.29, 1.82) is 0 Å². The molecule has 3 aromatic carbocycles. The fraction of sp³-hybridized carbons (Fsp3) is 0.185. The lowest BCUT2D eigenvalue weighted by atomic mass is 10.1. The van der Waals surface area contributed by atoms with Crippen LogP contribution >= 0.6 is 11.6 Å². The van der Waals surface area contributed by atoms with Crippen LogP contribution in [-0.4, -0.2) is 39.4 Å². The van der Waals surface area contributed by atoms with Crippen LogP contribution in [0.1, 0.15) is 11.1 Å². The molecule has 4 aromatic rings. The Morgan fingerprint density at radius 2 is 1.69 bits per heavy atom. The van der Waals surface area contributed by atoms with Crippen molar-refractivity contribution < 1.29 is 13.2 Å². The molecule has 186 valence electrons. The Bertz CT molecular complexity index is 1470. The summed E-state index contributed by atoms with van der Waals surface area (Å²) in [7, 11) is -2.14. The van der Waals surface area contributed by atoms with E-state index < -0.39 is 10.0 Å². The fourth-order valence-corrected chi connectivity index (χ4v) is 5.12. The van der Waals surface area contributed by atoms with Crippen LogP contribution in [0.4, 0.5) is 11.4 Å². The number of carbonyl (C=O) groups excluding carboxylic acids is 1. The molecule has 1 amide bonds. The van der Waals surface area contributed by atoms with Gasteiger partial charge in [-0.1, -0.05) is 41.4 Å². The van der Waals surface area contributed by atoms with Gasteiger partial charge in [-0.2, -0.15) is 0 Å². The predicted molar refractivity (Wildman–Crippen MR) is 145 cm³/mol. The molecule has 0 spiro atoms. The number of fused-ring (bicyclic) bond motifs is 1. The van der Waals surface area contributed by atoms with Crippen LogP contribution in [0.5, 0.6) is 0 Å². The monoisotopic (exact) mass is 522 g/mol. The Kier molecular flexibility index (Phi) is 7.76. The van der Waals surface area contributed by atoms with Gasteiger partial charge in [-0.3, -0.25) is 14.1 Å². The van der Waals surface area contributed by atoms with E-state index in [4.69, 9.17) is 11.6 Å². The Hall–Kier alpha value is -3.62. The second kappa shape index (κ2) is 11.0. The van der Waals surface area contributed by atoms with E-state index in [0.29, 0.717) is 23.8 Å². The number of pyridine rings is 1. The highest BCUT2D eigenvalue weighted by molar-refractivity contribution is 7.92. The summed E-state index contributed by atoms with van der Waals surface area (Å²) in [5.74, 6) is -0.114. The Labute approximate surface area is 216 Å². The zero-order valence-corrected chi connectivity index (χ0v) is 21.6.